The second-order valence-corrected chi connectivity index (χ2v) is 2.10. The third kappa shape index (κ3) is 1.99. The third-order valence-corrected chi connectivity index (χ3v) is 1.14. The van der Waals surface area contributed by atoms with Gasteiger partial charge in [-0.1, -0.05) is 0 Å². The minimum Gasteiger partial charge on any atom is -0.385 e. The highest BCUT2D eigenvalue weighted by molar-refractivity contribution is 8.03. The van der Waals surface area contributed by atoms with Crippen LogP contribution in [-0.4, -0.2) is 15.9 Å². The van der Waals surface area contributed by atoms with Gasteiger partial charge in [0, 0.05) is 0 Å². The Labute approximate surface area is 62.4 Å². The average Bonchev–Trinajstić information content (AvgIpc) is 2.41. The van der Waals surface area contributed by atoms with Gasteiger partial charge in [0.2, 0.25) is 0 Å². The summed E-state index contributed by atoms with van der Waals surface area (Å²) in [5.74, 6) is 0.304. The van der Waals surface area contributed by atoms with Crippen molar-refractivity contribution in [2.45, 2.75) is 0 Å². The lowest BCUT2D eigenvalue weighted by molar-refractivity contribution is 0.121. The summed E-state index contributed by atoms with van der Waals surface area (Å²) in [4.78, 5) is 6.24. The van der Waals surface area contributed by atoms with Crippen LogP contribution in [0.3, 0.4) is 0 Å². The molecule has 0 bridgehead atoms. The molecule has 52 valence electrons. The van der Waals surface area contributed by atoms with Gasteiger partial charge in [0.25, 0.3) is 0 Å². The first-order chi connectivity index (χ1) is 4.93. The molecule has 0 aliphatic heterocycles. The summed E-state index contributed by atoms with van der Waals surface area (Å²) in [5, 5.41) is 13.7. The van der Waals surface area contributed by atoms with Crippen molar-refractivity contribution in [3.8, 4) is 5.40 Å². The maximum absolute atomic E-state index is 8.10. The average molecular weight is 155 g/mol. The molecule has 1 rings (SSSR count). The number of nitriles is 1. The van der Waals surface area contributed by atoms with Gasteiger partial charge in [-0.2, -0.15) is 5.26 Å². The molecule has 0 aromatic carbocycles. The van der Waals surface area contributed by atoms with Crippen LogP contribution in [0.4, 0.5) is 0 Å². The molecule has 1 heterocycles. The van der Waals surface area contributed by atoms with Crippen molar-refractivity contribution in [1.29, 1.82) is 5.26 Å². The van der Waals surface area contributed by atoms with Crippen molar-refractivity contribution in [3.05, 3.63) is 18.5 Å². The van der Waals surface area contributed by atoms with Crippen LogP contribution in [0.1, 0.15) is 0 Å². The van der Waals surface area contributed by atoms with Gasteiger partial charge < -0.3 is 4.84 Å². The summed E-state index contributed by atoms with van der Waals surface area (Å²) >= 11 is 1.03. The molecule has 0 atom stereocenters. The maximum atomic E-state index is 8.10. The molecule has 1 aromatic rings. The van der Waals surface area contributed by atoms with Gasteiger partial charge in [0.05, 0.1) is 12.4 Å². The van der Waals surface area contributed by atoms with Gasteiger partial charge >= 0.3 is 0 Å². The van der Waals surface area contributed by atoms with Crippen molar-refractivity contribution in [1.82, 2.24) is 9.94 Å². The van der Waals surface area contributed by atoms with Gasteiger partial charge in [0.1, 0.15) is 5.40 Å². The Bertz CT molecular complexity index is 215. The molecule has 0 spiro atoms. The van der Waals surface area contributed by atoms with E-state index in [0.29, 0.717) is 5.94 Å². The summed E-state index contributed by atoms with van der Waals surface area (Å²) in [7, 11) is 0. The van der Waals surface area contributed by atoms with E-state index in [1.165, 1.54) is 4.85 Å². The smallest absolute Gasteiger partial charge is 0.176 e. The lowest BCUT2D eigenvalue weighted by Gasteiger charge is -1.98. The van der Waals surface area contributed by atoms with Crippen LogP contribution < -0.4 is 4.84 Å². The molecule has 5 heteroatoms. The van der Waals surface area contributed by atoms with Crippen LogP contribution in [-0.2, 0) is 0 Å². The molecule has 0 unspecified atom stereocenters. The van der Waals surface area contributed by atoms with Crippen LogP contribution in [0.25, 0.3) is 0 Å². The van der Waals surface area contributed by atoms with Crippen LogP contribution in [0.2, 0.25) is 0 Å². The number of rotatable bonds is 3. The first kappa shape index (κ1) is 6.96. The van der Waals surface area contributed by atoms with Gasteiger partial charge in [-0.15, -0.1) is 9.94 Å². The number of hydrogen-bond acceptors (Lipinski definition) is 4. The molecule has 0 fully saturated rings. The highest BCUT2D eigenvalue weighted by atomic mass is 32.2. The van der Waals surface area contributed by atoms with E-state index in [2.05, 4.69) is 5.10 Å². The van der Waals surface area contributed by atoms with Crippen molar-refractivity contribution >= 4 is 11.8 Å². The van der Waals surface area contributed by atoms with Gasteiger partial charge in [-0.3, -0.25) is 0 Å². The Morgan fingerprint density at radius 3 is 3.30 bits per heavy atom. The maximum Gasteiger partial charge on any atom is 0.176 e. The summed E-state index contributed by atoms with van der Waals surface area (Å²) in [5.41, 5.74) is 0. The van der Waals surface area contributed by atoms with E-state index in [4.69, 9.17) is 10.1 Å². The van der Waals surface area contributed by atoms with Crippen LogP contribution >= 0.6 is 11.8 Å². The first-order valence-electron chi connectivity index (χ1n) is 2.57. The second-order valence-electron chi connectivity index (χ2n) is 1.39. The van der Waals surface area contributed by atoms with E-state index < -0.39 is 0 Å². The molecular formula is C5H5N3OS. The van der Waals surface area contributed by atoms with Crippen LogP contribution in [0.15, 0.2) is 18.5 Å². The Hall–Kier alpha value is -1.15. The SMILES string of the molecule is N#CSCOn1cccn1. The van der Waals surface area contributed by atoms with Crippen LogP contribution in [0, 0.1) is 10.7 Å². The van der Waals surface area contributed by atoms with E-state index in [1.807, 2.05) is 5.40 Å². The van der Waals surface area contributed by atoms with Crippen molar-refractivity contribution in [2.24, 2.45) is 0 Å². The molecule has 0 saturated carbocycles. The lowest BCUT2D eigenvalue weighted by Crippen LogP contribution is -2.10. The Morgan fingerprint density at radius 2 is 2.70 bits per heavy atom. The highest BCUT2D eigenvalue weighted by Crippen LogP contribution is 1.92. The molecule has 0 aliphatic rings. The summed E-state index contributed by atoms with van der Waals surface area (Å²) in [6, 6.07) is 1.75. The highest BCUT2D eigenvalue weighted by Gasteiger charge is 1.87. The number of thioether (sulfide) groups is 1. The fraction of sp³-hybridized carbons (Fsp3) is 0.200. The fourth-order valence-electron chi connectivity index (χ4n) is 0.438. The van der Waals surface area contributed by atoms with E-state index in [0.717, 1.165) is 11.8 Å². The predicted molar refractivity (Wildman–Crippen MR) is 36.9 cm³/mol. The van der Waals surface area contributed by atoms with E-state index in [9.17, 15) is 0 Å². The summed E-state index contributed by atoms with van der Waals surface area (Å²) in [6.07, 6.45) is 3.27. The number of nitrogens with zero attached hydrogens (tertiary/aromatic N) is 3. The monoisotopic (exact) mass is 155 g/mol. The molecule has 0 radical (unpaired) electrons. The molecule has 1 aromatic heterocycles. The fourth-order valence-corrected chi connectivity index (χ4v) is 0.651. The predicted octanol–water partition coefficient (Wildman–Crippen LogP) is 0.483. The van der Waals surface area contributed by atoms with Gasteiger partial charge in [-0.25, -0.2) is 0 Å². The molecule has 0 amide bonds. The van der Waals surface area contributed by atoms with E-state index in [1.54, 1.807) is 18.5 Å². The summed E-state index contributed by atoms with van der Waals surface area (Å²) in [6.45, 7) is 0. The zero-order valence-electron chi connectivity index (χ0n) is 5.10. The minimum absolute atomic E-state index is 0.304. The van der Waals surface area contributed by atoms with E-state index in [-0.39, 0.29) is 0 Å². The second kappa shape index (κ2) is 3.80. The molecule has 0 saturated heterocycles. The van der Waals surface area contributed by atoms with Gasteiger partial charge in [0.15, 0.2) is 5.94 Å². The van der Waals surface area contributed by atoms with Crippen molar-refractivity contribution < 1.29 is 4.84 Å². The van der Waals surface area contributed by atoms with Crippen LogP contribution in [0.5, 0.6) is 0 Å². The summed E-state index contributed by atoms with van der Waals surface area (Å²) < 4.78 is 0. The topological polar surface area (TPSA) is 50.8 Å². The molecule has 10 heavy (non-hydrogen) atoms. The standard InChI is InChI=1S/C5H5N3OS/c6-4-10-5-9-8-3-1-2-7-8/h1-3H,5H2. The minimum atomic E-state index is 0.304. The first-order valence-corrected chi connectivity index (χ1v) is 3.56. The zero-order valence-corrected chi connectivity index (χ0v) is 5.91. The van der Waals surface area contributed by atoms with E-state index >= 15 is 0 Å². The van der Waals surface area contributed by atoms with Crippen molar-refractivity contribution in [3.63, 3.8) is 0 Å². The van der Waals surface area contributed by atoms with Gasteiger partial charge in [-0.05, 0) is 17.8 Å². The molecule has 0 aliphatic carbocycles. The Morgan fingerprint density at radius 1 is 1.80 bits per heavy atom. The zero-order chi connectivity index (χ0) is 7.23. The number of hydrogen-bond donors (Lipinski definition) is 0. The quantitative estimate of drug-likeness (QED) is 0.362. The Kier molecular flexibility index (Phi) is 2.64. The number of aromatic nitrogens is 2. The normalized spacial score (nSPS) is 8.70. The Balaban J connectivity index is 2.23. The molecular weight excluding hydrogens is 150 g/mol. The molecule has 4 nitrogen and oxygen atoms in total. The lowest BCUT2D eigenvalue weighted by atomic mass is 10.8. The third-order valence-electron chi connectivity index (χ3n) is 0.789. The van der Waals surface area contributed by atoms with Crippen molar-refractivity contribution in [2.75, 3.05) is 5.94 Å². The molecule has 0 N–H and O–H groups in total. The largest absolute Gasteiger partial charge is 0.385 e. The number of thiocyanates is 1.